The van der Waals surface area contributed by atoms with Crippen molar-refractivity contribution in [3.05, 3.63) is 29.8 Å². The number of hydrogen-bond acceptors (Lipinski definition) is 6. The van der Waals surface area contributed by atoms with Crippen LogP contribution >= 0.6 is 0 Å². The minimum absolute atomic E-state index is 0.0153. The molecule has 7 atom stereocenters. The van der Waals surface area contributed by atoms with E-state index in [2.05, 4.69) is 30.8 Å². The van der Waals surface area contributed by atoms with Crippen molar-refractivity contribution in [3.8, 4) is 0 Å². The predicted molar refractivity (Wildman–Crippen MR) is 183 cm³/mol. The summed E-state index contributed by atoms with van der Waals surface area (Å²) in [5.74, 6) is 0.197. The minimum atomic E-state index is -3.99. The summed E-state index contributed by atoms with van der Waals surface area (Å²) in [7, 11) is -4.54. The number of nitrogens with one attached hydrogen (secondary N) is 2. The number of nitrogens with zero attached hydrogens (tertiary/aromatic N) is 1. The van der Waals surface area contributed by atoms with Gasteiger partial charge in [0, 0.05) is 6.54 Å². The fourth-order valence-corrected chi connectivity index (χ4v) is 11.3. The van der Waals surface area contributed by atoms with Crippen LogP contribution in [0.2, 0.25) is 0 Å². The Morgan fingerprint density at radius 1 is 1.13 bits per heavy atom. The molecule has 0 aromatic heterocycles. The van der Waals surface area contributed by atoms with Gasteiger partial charge in [0.15, 0.2) is 0 Å². The smallest absolute Gasteiger partial charge is 0.404 e. The normalized spacial score (nSPS) is 33.4. The molecule has 2 amide bonds. The van der Waals surface area contributed by atoms with Crippen molar-refractivity contribution in [2.24, 2.45) is 29.1 Å². The molecule has 0 spiro atoms. The molecule has 260 valence electrons. The molecule has 11 heteroatoms. The standard InChI is InChI=1S/C36H56BN3O6S/c1-8-31(37-45-30-22-26-21-29(34(26,5)6)35(30,7)46-37)38-32(41)28(20-25-14-10-9-11-15-25)40-18-17-36(23(2)3,33(40)42)39-47(43,44)27-16-12-13-24(4)19-27/h12-13,16,19,23,25-26,28-31,39H,8-11,14-15,17-18,20-22H2,1-7H3,(H,38,41)/t26-,28+,29-,30?,31+,35+,36?/m1/s1. The highest BCUT2D eigenvalue weighted by molar-refractivity contribution is 7.89. The average molecular weight is 670 g/mol. The minimum Gasteiger partial charge on any atom is -0.404 e. The monoisotopic (exact) mass is 669 g/mol. The quantitative estimate of drug-likeness (QED) is 0.305. The molecule has 1 aromatic carbocycles. The Labute approximate surface area is 282 Å². The zero-order valence-corrected chi connectivity index (χ0v) is 30.3. The molecule has 2 unspecified atom stereocenters. The summed E-state index contributed by atoms with van der Waals surface area (Å²) in [6.45, 7) is 14.8. The molecule has 2 saturated heterocycles. The van der Waals surface area contributed by atoms with Crippen LogP contribution in [0, 0.1) is 36.0 Å². The Kier molecular flexibility index (Phi) is 9.46. The number of carbonyl (C=O) groups excluding carboxylic acids is 2. The van der Waals surface area contributed by atoms with Gasteiger partial charge in [-0.2, -0.15) is 4.72 Å². The van der Waals surface area contributed by atoms with Gasteiger partial charge in [-0.05, 0) is 92.7 Å². The number of benzene rings is 1. The van der Waals surface area contributed by atoms with E-state index in [1.807, 2.05) is 33.8 Å². The van der Waals surface area contributed by atoms with Gasteiger partial charge in [0.2, 0.25) is 21.8 Å². The summed E-state index contributed by atoms with van der Waals surface area (Å²) in [5.41, 5.74) is -0.671. The van der Waals surface area contributed by atoms with E-state index in [0.717, 1.165) is 44.1 Å². The van der Waals surface area contributed by atoms with Crippen molar-refractivity contribution in [1.82, 2.24) is 14.9 Å². The van der Waals surface area contributed by atoms with Crippen LogP contribution in [0.15, 0.2) is 29.2 Å². The molecule has 6 aliphatic rings. The highest BCUT2D eigenvalue weighted by Crippen LogP contribution is 2.65. The maximum absolute atomic E-state index is 14.5. The van der Waals surface area contributed by atoms with Gasteiger partial charge >= 0.3 is 7.12 Å². The predicted octanol–water partition coefficient (Wildman–Crippen LogP) is 5.40. The molecular formula is C36H56BN3O6S. The first-order valence-electron chi connectivity index (χ1n) is 18.2. The maximum Gasteiger partial charge on any atom is 0.481 e. The second-order valence-electron chi connectivity index (χ2n) is 16.4. The second-order valence-corrected chi connectivity index (χ2v) is 18.1. The summed E-state index contributed by atoms with van der Waals surface area (Å²) in [6.07, 6.45) is 9.16. The van der Waals surface area contributed by atoms with Gasteiger partial charge < -0.3 is 19.5 Å². The number of sulfonamides is 1. The molecule has 2 heterocycles. The summed E-state index contributed by atoms with van der Waals surface area (Å²) < 4.78 is 43.5. The lowest BCUT2D eigenvalue weighted by atomic mass is 9.43. The molecular weight excluding hydrogens is 613 g/mol. The van der Waals surface area contributed by atoms with Gasteiger partial charge in [-0.25, -0.2) is 8.42 Å². The van der Waals surface area contributed by atoms with E-state index >= 15 is 0 Å². The Bertz CT molecular complexity index is 1460. The topological polar surface area (TPSA) is 114 Å². The summed E-state index contributed by atoms with van der Waals surface area (Å²) in [5, 5.41) is 3.29. The van der Waals surface area contributed by atoms with E-state index in [0.29, 0.717) is 43.6 Å². The summed E-state index contributed by atoms with van der Waals surface area (Å²) >= 11 is 0. The number of aryl methyl sites for hydroxylation is 1. The van der Waals surface area contributed by atoms with E-state index in [1.165, 1.54) is 6.42 Å². The third kappa shape index (κ3) is 6.10. The number of amides is 2. The molecule has 2 aliphatic heterocycles. The van der Waals surface area contributed by atoms with Crippen molar-refractivity contribution in [2.75, 3.05) is 6.54 Å². The fraction of sp³-hybridized carbons (Fsp3) is 0.778. The number of rotatable bonds is 11. The van der Waals surface area contributed by atoms with Gasteiger partial charge in [0.05, 0.1) is 22.5 Å². The molecule has 6 fully saturated rings. The van der Waals surface area contributed by atoms with Crippen LogP contribution in [0.4, 0.5) is 0 Å². The Hall–Kier alpha value is -1.95. The molecule has 0 radical (unpaired) electrons. The van der Waals surface area contributed by atoms with E-state index < -0.39 is 28.7 Å². The van der Waals surface area contributed by atoms with E-state index in [1.54, 1.807) is 23.1 Å². The highest BCUT2D eigenvalue weighted by atomic mass is 32.2. The number of hydrogen-bond donors (Lipinski definition) is 2. The van der Waals surface area contributed by atoms with Crippen molar-refractivity contribution in [2.45, 2.75) is 147 Å². The van der Waals surface area contributed by atoms with Crippen molar-refractivity contribution >= 4 is 29.0 Å². The van der Waals surface area contributed by atoms with Gasteiger partial charge in [-0.1, -0.05) is 78.9 Å². The van der Waals surface area contributed by atoms with Crippen molar-refractivity contribution in [1.29, 1.82) is 0 Å². The second kappa shape index (κ2) is 12.7. The van der Waals surface area contributed by atoms with Crippen molar-refractivity contribution in [3.63, 3.8) is 0 Å². The molecule has 2 bridgehead atoms. The molecule has 2 N–H and O–H groups in total. The fourth-order valence-electron chi connectivity index (χ4n) is 9.72. The molecule has 4 aliphatic carbocycles. The van der Waals surface area contributed by atoms with E-state index in [-0.39, 0.29) is 45.7 Å². The average Bonchev–Trinajstić information content (AvgIpc) is 3.55. The molecule has 1 aromatic rings. The van der Waals surface area contributed by atoms with Crippen LogP contribution in [0.25, 0.3) is 0 Å². The van der Waals surface area contributed by atoms with Gasteiger partial charge in [0.25, 0.3) is 0 Å². The lowest BCUT2D eigenvalue weighted by Crippen LogP contribution is -2.65. The summed E-state index contributed by atoms with van der Waals surface area (Å²) in [4.78, 5) is 30.8. The zero-order chi connectivity index (χ0) is 33.9. The lowest BCUT2D eigenvalue weighted by molar-refractivity contribution is -0.199. The Balaban J connectivity index is 1.23. The lowest BCUT2D eigenvalue weighted by Gasteiger charge is -2.64. The summed E-state index contributed by atoms with van der Waals surface area (Å²) in [6, 6.07) is 6.02. The molecule has 47 heavy (non-hydrogen) atoms. The van der Waals surface area contributed by atoms with Crippen LogP contribution < -0.4 is 10.0 Å². The SMILES string of the molecule is CC[C@H](NC(=O)[C@H](CC1CCCCC1)N1CCC(NS(=O)(=O)c2cccc(C)c2)(C(C)C)C1=O)B1OC2C[C@H]3C[C@H](C3(C)C)[C@]2(C)O1. The molecule has 7 rings (SSSR count). The number of carbonyl (C=O) groups is 2. The highest BCUT2D eigenvalue weighted by Gasteiger charge is 2.68. The Morgan fingerprint density at radius 3 is 2.49 bits per heavy atom. The van der Waals surface area contributed by atoms with Crippen LogP contribution in [-0.2, 0) is 28.9 Å². The first-order chi connectivity index (χ1) is 22.1. The zero-order valence-electron chi connectivity index (χ0n) is 29.5. The maximum atomic E-state index is 14.5. The van der Waals surface area contributed by atoms with Crippen LogP contribution in [0.3, 0.4) is 0 Å². The third-order valence-corrected chi connectivity index (χ3v) is 14.5. The largest absolute Gasteiger partial charge is 0.481 e. The van der Waals surface area contributed by atoms with Crippen LogP contribution in [0.5, 0.6) is 0 Å². The Morgan fingerprint density at radius 2 is 1.85 bits per heavy atom. The van der Waals surface area contributed by atoms with E-state index in [9.17, 15) is 18.0 Å². The third-order valence-electron chi connectivity index (χ3n) is 13.0. The van der Waals surface area contributed by atoms with Crippen LogP contribution in [0.1, 0.15) is 111 Å². The van der Waals surface area contributed by atoms with Gasteiger partial charge in [-0.3, -0.25) is 9.59 Å². The van der Waals surface area contributed by atoms with Gasteiger partial charge in [0.1, 0.15) is 11.6 Å². The van der Waals surface area contributed by atoms with E-state index in [4.69, 9.17) is 9.31 Å². The number of likely N-dealkylation sites (tertiary alicyclic amines) is 1. The first-order valence-corrected chi connectivity index (χ1v) is 19.7. The van der Waals surface area contributed by atoms with Crippen molar-refractivity contribution < 1.29 is 27.3 Å². The first kappa shape index (κ1) is 34.9. The van der Waals surface area contributed by atoms with Gasteiger partial charge in [-0.15, -0.1) is 0 Å². The molecule has 4 saturated carbocycles. The van der Waals surface area contributed by atoms with Crippen LogP contribution in [-0.4, -0.2) is 68.0 Å². The molecule has 9 nitrogen and oxygen atoms in total.